The van der Waals surface area contributed by atoms with E-state index in [1.54, 1.807) is 0 Å². The zero-order valence-corrected chi connectivity index (χ0v) is 10.1. The number of aromatic nitrogens is 3. The average molecular weight is 267 g/mol. The number of halogens is 1. The Labute approximate surface area is 96.5 Å². The fraction of sp³-hybridized carbons (Fsp3) is 0.200. The first-order valence-electron chi connectivity index (χ1n) is 4.52. The molecule has 1 N–H and O–H groups in total. The quantitative estimate of drug-likeness (QED) is 0.908. The predicted octanol–water partition coefficient (Wildman–Crippen LogP) is 2.30. The minimum Gasteiger partial charge on any atom is -0.346 e. The molecule has 5 heteroatoms. The third-order valence-electron chi connectivity index (χ3n) is 1.97. The van der Waals surface area contributed by atoms with E-state index in [1.807, 2.05) is 43.3 Å². The molecule has 0 bridgehead atoms. The van der Waals surface area contributed by atoms with E-state index in [4.69, 9.17) is 0 Å². The molecule has 0 spiro atoms. The molecule has 0 aliphatic heterocycles. The van der Waals surface area contributed by atoms with E-state index in [1.165, 1.54) is 0 Å². The van der Waals surface area contributed by atoms with Crippen LogP contribution in [-0.2, 0) is 0 Å². The number of hydrogen-bond acceptors (Lipinski definition) is 3. The number of benzene rings is 1. The lowest BCUT2D eigenvalue weighted by atomic mass is 10.2. The molecule has 0 radical (unpaired) electrons. The van der Waals surface area contributed by atoms with E-state index < -0.39 is 0 Å². The third-order valence-corrected chi connectivity index (χ3v) is 2.46. The van der Waals surface area contributed by atoms with E-state index in [2.05, 4.69) is 31.1 Å². The smallest absolute Gasteiger partial charge is 0.244 e. The van der Waals surface area contributed by atoms with Gasteiger partial charge in [-0.2, -0.15) is 4.98 Å². The molecule has 0 aliphatic carbocycles. The molecule has 0 amide bonds. The zero-order chi connectivity index (χ0) is 10.8. The van der Waals surface area contributed by atoms with Crippen molar-refractivity contribution in [2.45, 2.75) is 0 Å². The number of H-pyrrole nitrogens is 1. The first-order chi connectivity index (χ1) is 7.16. The first-order valence-corrected chi connectivity index (χ1v) is 5.32. The lowest BCUT2D eigenvalue weighted by Gasteiger charge is -2.03. The Hall–Kier alpha value is -1.36. The van der Waals surface area contributed by atoms with Crippen molar-refractivity contribution >= 4 is 21.9 Å². The molecule has 1 aromatic heterocycles. The normalized spacial score (nSPS) is 10.3. The Morgan fingerprint density at radius 1 is 1.33 bits per heavy atom. The molecule has 0 atom stereocenters. The van der Waals surface area contributed by atoms with Gasteiger partial charge in [0.05, 0.1) is 0 Å². The van der Waals surface area contributed by atoms with Crippen LogP contribution in [0.5, 0.6) is 0 Å². The van der Waals surface area contributed by atoms with Gasteiger partial charge < -0.3 is 4.90 Å². The number of anilines is 1. The highest BCUT2D eigenvalue weighted by Gasteiger charge is 2.06. The third kappa shape index (κ3) is 2.18. The minimum atomic E-state index is 0.685. The lowest BCUT2D eigenvalue weighted by molar-refractivity contribution is 0.999. The zero-order valence-electron chi connectivity index (χ0n) is 8.53. The second-order valence-electron chi connectivity index (χ2n) is 3.39. The summed E-state index contributed by atoms with van der Waals surface area (Å²) in [6.45, 7) is 0. The average Bonchev–Trinajstić information content (AvgIpc) is 2.66. The van der Waals surface area contributed by atoms with E-state index in [9.17, 15) is 0 Å². The van der Waals surface area contributed by atoms with Gasteiger partial charge in [0, 0.05) is 24.1 Å². The highest BCUT2D eigenvalue weighted by atomic mass is 79.9. The van der Waals surface area contributed by atoms with Crippen molar-refractivity contribution in [3.05, 3.63) is 28.7 Å². The maximum absolute atomic E-state index is 4.36. The van der Waals surface area contributed by atoms with Gasteiger partial charge in [0.2, 0.25) is 5.95 Å². The molecule has 0 aliphatic rings. The minimum absolute atomic E-state index is 0.685. The van der Waals surface area contributed by atoms with E-state index in [0.717, 1.165) is 15.9 Å². The van der Waals surface area contributed by atoms with Crippen molar-refractivity contribution in [2.75, 3.05) is 19.0 Å². The van der Waals surface area contributed by atoms with Crippen molar-refractivity contribution in [3.63, 3.8) is 0 Å². The monoisotopic (exact) mass is 266 g/mol. The summed E-state index contributed by atoms with van der Waals surface area (Å²) in [7, 11) is 3.82. The highest BCUT2D eigenvalue weighted by molar-refractivity contribution is 9.10. The summed E-state index contributed by atoms with van der Waals surface area (Å²) in [5.74, 6) is 1.46. The van der Waals surface area contributed by atoms with Crippen molar-refractivity contribution in [2.24, 2.45) is 0 Å². The SMILES string of the molecule is CN(C)c1n[nH]c(-c2cccc(Br)c2)n1. The maximum Gasteiger partial charge on any atom is 0.244 e. The van der Waals surface area contributed by atoms with E-state index >= 15 is 0 Å². The van der Waals surface area contributed by atoms with Crippen molar-refractivity contribution in [3.8, 4) is 11.4 Å². The van der Waals surface area contributed by atoms with E-state index in [0.29, 0.717) is 5.95 Å². The maximum atomic E-state index is 4.36. The summed E-state index contributed by atoms with van der Waals surface area (Å²) in [5, 5.41) is 7.00. The van der Waals surface area contributed by atoms with Gasteiger partial charge in [-0.1, -0.05) is 28.1 Å². The van der Waals surface area contributed by atoms with Crippen molar-refractivity contribution < 1.29 is 0 Å². The summed E-state index contributed by atoms with van der Waals surface area (Å²) in [6, 6.07) is 7.94. The van der Waals surface area contributed by atoms with Crippen LogP contribution in [0.1, 0.15) is 0 Å². The standard InChI is InChI=1S/C10H11BrN4/c1-15(2)10-12-9(13-14-10)7-4-3-5-8(11)6-7/h3-6H,1-2H3,(H,12,13,14). The summed E-state index contributed by atoms with van der Waals surface area (Å²) in [6.07, 6.45) is 0. The predicted molar refractivity (Wildman–Crippen MR) is 63.8 cm³/mol. The number of nitrogens with one attached hydrogen (secondary N) is 1. The number of hydrogen-bond donors (Lipinski definition) is 1. The molecule has 1 heterocycles. The Balaban J connectivity index is 2.37. The number of rotatable bonds is 2. The van der Waals surface area contributed by atoms with Gasteiger partial charge in [-0.25, -0.2) is 0 Å². The van der Waals surface area contributed by atoms with Gasteiger partial charge in [-0.05, 0) is 12.1 Å². The molecule has 0 saturated heterocycles. The van der Waals surface area contributed by atoms with Crippen LogP contribution in [0.3, 0.4) is 0 Å². The van der Waals surface area contributed by atoms with Gasteiger partial charge >= 0.3 is 0 Å². The highest BCUT2D eigenvalue weighted by Crippen LogP contribution is 2.20. The van der Waals surface area contributed by atoms with Crippen LogP contribution in [0.2, 0.25) is 0 Å². The summed E-state index contributed by atoms with van der Waals surface area (Å²) in [5.41, 5.74) is 1.02. The molecule has 4 nitrogen and oxygen atoms in total. The van der Waals surface area contributed by atoms with Gasteiger partial charge in [-0.3, -0.25) is 5.10 Å². The molecule has 0 unspecified atom stereocenters. The molecule has 2 rings (SSSR count). The van der Waals surface area contributed by atoms with Gasteiger partial charge in [-0.15, -0.1) is 5.10 Å². The Morgan fingerprint density at radius 3 is 2.73 bits per heavy atom. The topological polar surface area (TPSA) is 44.8 Å². The van der Waals surface area contributed by atoms with Gasteiger partial charge in [0.15, 0.2) is 5.82 Å². The van der Waals surface area contributed by atoms with Crippen LogP contribution in [0.15, 0.2) is 28.7 Å². The molecular formula is C10H11BrN4. The van der Waals surface area contributed by atoms with Crippen LogP contribution < -0.4 is 4.90 Å². The van der Waals surface area contributed by atoms with Crippen LogP contribution in [0.25, 0.3) is 11.4 Å². The van der Waals surface area contributed by atoms with Crippen LogP contribution >= 0.6 is 15.9 Å². The Kier molecular flexibility index (Phi) is 2.73. The first kappa shape index (κ1) is 10.2. The molecule has 0 fully saturated rings. The number of nitrogens with zero attached hydrogens (tertiary/aromatic N) is 3. The molecule has 1 aromatic carbocycles. The Morgan fingerprint density at radius 2 is 2.13 bits per heavy atom. The Bertz CT molecular complexity index is 464. The van der Waals surface area contributed by atoms with Gasteiger partial charge in [0.1, 0.15) is 0 Å². The van der Waals surface area contributed by atoms with Crippen molar-refractivity contribution in [1.29, 1.82) is 0 Å². The molecule has 15 heavy (non-hydrogen) atoms. The summed E-state index contributed by atoms with van der Waals surface area (Å²) in [4.78, 5) is 6.22. The second kappa shape index (κ2) is 4.02. The van der Waals surface area contributed by atoms with Crippen LogP contribution in [-0.4, -0.2) is 29.3 Å². The molecule has 0 saturated carbocycles. The van der Waals surface area contributed by atoms with Crippen LogP contribution in [0.4, 0.5) is 5.95 Å². The molecule has 2 aromatic rings. The van der Waals surface area contributed by atoms with Crippen LogP contribution in [0, 0.1) is 0 Å². The molecular weight excluding hydrogens is 256 g/mol. The fourth-order valence-electron chi connectivity index (χ4n) is 1.22. The summed E-state index contributed by atoms with van der Waals surface area (Å²) >= 11 is 3.42. The molecule has 78 valence electrons. The largest absolute Gasteiger partial charge is 0.346 e. The van der Waals surface area contributed by atoms with Crippen molar-refractivity contribution in [1.82, 2.24) is 15.2 Å². The van der Waals surface area contributed by atoms with E-state index in [-0.39, 0.29) is 0 Å². The summed E-state index contributed by atoms with van der Waals surface area (Å²) < 4.78 is 1.03. The fourth-order valence-corrected chi connectivity index (χ4v) is 1.62. The second-order valence-corrected chi connectivity index (χ2v) is 4.30. The van der Waals surface area contributed by atoms with Gasteiger partial charge in [0.25, 0.3) is 0 Å². The number of aromatic amines is 1. The lowest BCUT2D eigenvalue weighted by Crippen LogP contribution is -2.10.